The van der Waals surface area contributed by atoms with Crippen LogP contribution in [0.3, 0.4) is 0 Å². The minimum absolute atomic E-state index is 0.638. The van der Waals surface area contributed by atoms with Crippen molar-refractivity contribution in [1.82, 2.24) is 15.3 Å². The number of ether oxygens (including phenoxy) is 1. The molecule has 0 bridgehead atoms. The summed E-state index contributed by atoms with van der Waals surface area (Å²) in [6, 6.07) is 1.90. The van der Waals surface area contributed by atoms with Crippen LogP contribution in [0.2, 0.25) is 0 Å². The van der Waals surface area contributed by atoms with E-state index < -0.39 is 0 Å². The first kappa shape index (κ1) is 15.0. The van der Waals surface area contributed by atoms with Gasteiger partial charge in [0.1, 0.15) is 0 Å². The fourth-order valence-corrected chi connectivity index (χ4v) is 2.65. The second-order valence-electron chi connectivity index (χ2n) is 5.34. The predicted molar refractivity (Wildman–Crippen MR) is 81.4 cm³/mol. The van der Waals surface area contributed by atoms with Gasteiger partial charge in [-0.25, -0.2) is 4.98 Å². The molecule has 0 amide bonds. The van der Waals surface area contributed by atoms with Crippen LogP contribution < -0.4 is 15.0 Å². The van der Waals surface area contributed by atoms with E-state index in [9.17, 15) is 0 Å². The number of nitrogens with one attached hydrogen (secondary N) is 1. The van der Waals surface area contributed by atoms with Crippen LogP contribution in [0.1, 0.15) is 32.4 Å². The van der Waals surface area contributed by atoms with Crippen molar-refractivity contribution in [2.45, 2.75) is 33.6 Å². The van der Waals surface area contributed by atoms with Gasteiger partial charge in [0.2, 0.25) is 11.8 Å². The van der Waals surface area contributed by atoms with Gasteiger partial charge in [-0.05, 0) is 45.7 Å². The summed E-state index contributed by atoms with van der Waals surface area (Å²) in [4.78, 5) is 11.4. The highest BCUT2D eigenvalue weighted by molar-refractivity contribution is 5.35. The van der Waals surface area contributed by atoms with Gasteiger partial charge in [0.05, 0.1) is 6.61 Å². The summed E-state index contributed by atoms with van der Waals surface area (Å²) in [5.41, 5.74) is 0.965. The average Bonchev–Trinajstić information content (AvgIpc) is 2.45. The molecule has 112 valence electrons. The molecule has 0 aliphatic carbocycles. The standard InChI is InChI=1S/C15H26N4O/c1-4-16-10-13-7-6-8-19(11-13)15-17-12(3)9-14(18-15)20-5-2/h9,13,16H,4-8,10-11H2,1-3H3. The highest BCUT2D eigenvalue weighted by atomic mass is 16.5. The Hall–Kier alpha value is -1.36. The van der Waals surface area contributed by atoms with Crippen molar-refractivity contribution < 1.29 is 4.74 Å². The number of piperidine rings is 1. The summed E-state index contributed by atoms with van der Waals surface area (Å²) in [5.74, 6) is 2.18. The molecule has 2 rings (SSSR count). The van der Waals surface area contributed by atoms with Crippen LogP contribution >= 0.6 is 0 Å². The van der Waals surface area contributed by atoms with Crippen molar-refractivity contribution in [3.63, 3.8) is 0 Å². The fourth-order valence-electron chi connectivity index (χ4n) is 2.65. The van der Waals surface area contributed by atoms with Gasteiger partial charge in [-0.15, -0.1) is 0 Å². The van der Waals surface area contributed by atoms with E-state index in [1.807, 2.05) is 19.9 Å². The lowest BCUT2D eigenvalue weighted by Crippen LogP contribution is -2.40. The number of anilines is 1. The van der Waals surface area contributed by atoms with Gasteiger partial charge in [0, 0.05) is 24.8 Å². The number of hydrogen-bond acceptors (Lipinski definition) is 5. The van der Waals surface area contributed by atoms with Crippen molar-refractivity contribution >= 4 is 5.95 Å². The molecule has 1 aliphatic rings. The minimum atomic E-state index is 0.638. The van der Waals surface area contributed by atoms with Crippen LogP contribution in [0.5, 0.6) is 5.88 Å². The Morgan fingerprint density at radius 3 is 3.00 bits per heavy atom. The zero-order valence-electron chi connectivity index (χ0n) is 12.9. The SMILES string of the molecule is CCNCC1CCCN(c2nc(C)cc(OCC)n2)C1. The van der Waals surface area contributed by atoms with E-state index in [1.165, 1.54) is 12.8 Å². The third-order valence-corrected chi connectivity index (χ3v) is 3.60. The van der Waals surface area contributed by atoms with Crippen LogP contribution in [0.4, 0.5) is 5.95 Å². The van der Waals surface area contributed by atoms with Crippen molar-refractivity contribution in [3.05, 3.63) is 11.8 Å². The largest absolute Gasteiger partial charge is 0.478 e. The summed E-state index contributed by atoms with van der Waals surface area (Å²) in [6.07, 6.45) is 2.49. The summed E-state index contributed by atoms with van der Waals surface area (Å²) in [5, 5.41) is 3.44. The van der Waals surface area contributed by atoms with Gasteiger partial charge in [-0.1, -0.05) is 6.92 Å². The molecule has 20 heavy (non-hydrogen) atoms. The first-order valence-corrected chi connectivity index (χ1v) is 7.67. The molecular formula is C15H26N4O. The number of aromatic nitrogens is 2. The van der Waals surface area contributed by atoms with Gasteiger partial charge in [0.25, 0.3) is 0 Å². The normalized spacial score (nSPS) is 19.1. The minimum Gasteiger partial charge on any atom is -0.478 e. The van der Waals surface area contributed by atoms with E-state index >= 15 is 0 Å². The molecule has 1 saturated heterocycles. The summed E-state index contributed by atoms with van der Waals surface area (Å²) < 4.78 is 5.52. The second-order valence-corrected chi connectivity index (χ2v) is 5.34. The molecule has 1 unspecified atom stereocenters. The van der Waals surface area contributed by atoms with Crippen LogP contribution in [-0.4, -0.2) is 42.8 Å². The molecule has 0 spiro atoms. The quantitative estimate of drug-likeness (QED) is 0.862. The molecular weight excluding hydrogens is 252 g/mol. The summed E-state index contributed by atoms with van der Waals surface area (Å²) in [6.45, 7) is 10.9. The van der Waals surface area contributed by atoms with E-state index in [0.29, 0.717) is 18.4 Å². The van der Waals surface area contributed by atoms with Gasteiger partial charge in [0.15, 0.2) is 0 Å². The molecule has 1 N–H and O–H groups in total. The van der Waals surface area contributed by atoms with Crippen molar-refractivity contribution in [2.24, 2.45) is 5.92 Å². The van der Waals surface area contributed by atoms with Gasteiger partial charge >= 0.3 is 0 Å². The second kappa shape index (κ2) is 7.43. The molecule has 1 aromatic rings. The lowest BCUT2D eigenvalue weighted by atomic mass is 9.98. The number of aryl methyl sites for hydroxylation is 1. The Kier molecular flexibility index (Phi) is 5.59. The van der Waals surface area contributed by atoms with Crippen molar-refractivity contribution in [2.75, 3.05) is 37.7 Å². The van der Waals surface area contributed by atoms with Crippen LogP contribution in [-0.2, 0) is 0 Å². The first-order valence-electron chi connectivity index (χ1n) is 7.67. The number of nitrogens with zero attached hydrogens (tertiary/aromatic N) is 3. The zero-order chi connectivity index (χ0) is 14.4. The lowest BCUT2D eigenvalue weighted by molar-refractivity contribution is 0.324. The molecule has 1 aromatic heterocycles. The van der Waals surface area contributed by atoms with Gasteiger partial charge < -0.3 is 15.0 Å². The van der Waals surface area contributed by atoms with E-state index in [4.69, 9.17) is 4.74 Å². The van der Waals surface area contributed by atoms with E-state index in [2.05, 4.69) is 27.1 Å². The fraction of sp³-hybridized carbons (Fsp3) is 0.733. The number of rotatable bonds is 6. The van der Waals surface area contributed by atoms with Crippen LogP contribution in [0.15, 0.2) is 6.07 Å². The molecule has 1 aliphatic heterocycles. The highest BCUT2D eigenvalue weighted by Crippen LogP contribution is 2.22. The monoisotopic (exact) mass is 278 g/mol. The predicted octanol–water partition coefficient (Wildman–Crippen LogP) is 2.01. The summed E-state index contributed by atoms with van der Waals surface area (Å²) >= 11 is 0. The van der Waals surface area contributed by atoms with Crippen LogP contribution in [0, 0.1) is 12.8 Å². The molecule has 5 nitrogen and oxygen atoms in total. The first-order chi connectivity index (χ1) is 9.72. The van der Waals surface area contributed by atoms with Gasteiger partial charge in [-0.2, -0.15) is 4.98 Å². The third-order valence-electron chi connectivity index (χ3n) is 3.60. The van der Waals surface area contributed by atoms with Crippen molar-refractivity contribution in [1.29, 1.82) is 0 Å². The van der Waals surface area contributed by atoms with E-state index in [0.717, 1.165) is 37.8 Å². The highest BCUT2D eigenvalue weighted by Gasteiger charge is 2.22. The van der Waals surface area contributed by atoms with E-state index in [1.54, 1.807) is 0 Å². The van der Waals surface area contributed by atoms with Crippen molar-refractivity contribution in [3.8, 4) is 5.88 Å². The Balaban J connectivity index is 2.05. The number of hydrogen-bond donors (Lipinski definition) is 1. The molecule has 1 atom stereocenters. The molecule has 2 heterocycles. The maximum atomic E-state index is 5.52. The molecule has 0 aromatic carbocycles. The summed E-state index contributed by atoms with van der Waals surface area (Å²) in [7, 11) is 0. The van der Waals surface area contributed by atoms with Crippen LogP contribution in [0.25, 0.3) is 0 Å². The Morgan fingerprint density at radius 1 is 1.40 bits per heavy atom. The molecule has 5 heteroatoms. The maximum absolute atomic E-state index is 5.52. The topological polar surface area (TPSA) is 50.3 Å². The average molecular weight is 278 g/mol. The molecule has 1 fully saturated rings. The lowest BCUT2D eigenvalue weighted by Gasteiger charge is -2.33. The molecule has 0 saturated carbocycles. The smallest absolute Gasteiger partial charge is 0.228 e. The Morgan fingerprint density at radius 2 is 2.25 bits per heavy atom. The molecule has 0 radical (unpaired) electrons. The van der Waals surface area contributed by atoms with Gasteiger partial charge in [-0.3, -0.25) is 0 Å². The third kappa shape index (κ3) is 4.07. The Bertz CT molecular complexity index is 424. The zero-order valence-corrected chi connectivity index (χ0v) is 12.9. The Labute approximate surface area is 121 Å². The maximum Gasteiger partial charge on any atom is 0.228 e. The van der Waals surface area contributed by atoms with E-state index in [-0.39, 0.29) is 0 Å².